The number of carbonyl (C=O) groups excluding carboxylic acids is 4. The van der Waals surface area contributed by atoms with E-state index in [-0.39, 0.29) is 35.2 Å². The number of benzene rings is 4. The van der Waals surface area contributed by atoms with Gasteiger partial charge in [-0.1, -0.05) is 88.4 Å². The number of carboxylic acids is 2. The van der Waals surface area contributed by atoms with Crippen LogP contribution in [0.2, 0.25) is 20.1 Å². The van der Waals surface area contributed by atoms with Crippen molar-refractivity contribution in [3.05, 3.63) is 171 Å². The minimum Gasteiger partial charge on any atom is -0.478 e. The molecule has 21 heteroatoms. The molecule has 0 radical (unpaired) electrons. The van der Waals surface area contributed by atoms with Crippen molar-refractivity contribution in [3.63, 3.8) is 0 Å². The van der Waals surface area contributed by atoms with Crippen LogP contribution < -0.4 is 9.80 Å². The van der Waals surface area contributed by atoms with Gasteiger partial charge in [-0.2, -0.15) is 5.26 Å². The molecule has 0 unspecified atom stereocenters. The lowest BCUT2D eigenvalue weighted by Gasteiger charge is -2.34. The summed E-state index contributed by atoms with van der Waals surface area (Å²) in [6.45, 7) is 4.40. The van der Waals surface area contributed by atoms with Crippen LogP contribution in [-0.4, -0.2) is 117 Å². The van der Waals surface area contributed by atoms with Crippen molar-refractivity contribution in [2.24, 2.45) is 0 Å². The van der Waals surface area contributed by atoms with E-state index in [1.165, 1.54) is 50.7 Å². The van der Waals surface area contributed by atoms with Crippen LogP contribution in [0.15, 0.2) is 108 Å². The first-order chi connectivity index (χ1) is 34.7. The van der Waals surface area contributed by atoms with Gasteiger partial charge in [0.05, 0.1) is 34.1 Å². The van der Waals surface area contributed by atoms with Crippen LogP contribution in [0.1, 0.15) is 64.6 Å². The zero-order chi connectivity index (χ0) is 52.3. The van der Waals surface area contributed by atoms with Crippen LogP contribution in [-0.2, 0) is 22.7 Å². The molecule has 73 heavy (non-hydrogen) atoms. The second-order valence-electron chi connectivity index (χ2n) is 18.4. The summed E-state index contributed by atoms with van der Waals surface area (Å²) in [5, 5.41) is 32.3. The Hall–Kier alpha value is -6.33. The van der Waals surface area contributed by atoms with Crippen molar-refractivity contribution in [1.29, 1.82) is 5.26 Å². The van der Waals surface area contributed by atoms with Crippen molar-refractivity contribution < 1.29 is 39.0 Å². The molecule has 10 rings (SSSR count). The number of aromatic carboxylic acids is 2. The number of hydrogen-bond acceptors (Lipinski definition) is 11. The summed E-state index contributed by atoms with van der Waals surface area (Å²) < 4.78 is 0. The number of likely N-dealkylation sites (N-methyl/N-ethyl adjacent to an activating group) is 2. The van der Waals surface area contributed by atoms with Gasteiger partial charge in [0.2, 0.25) is 0 Å². The molecule has 2 N–H and O–H groups in total. The van der Waals surface area contributed by atoms with Crippen LogP contribution >= 0.6 is 69.1 Å². The molecule has 2 spiro atoms. The second kappa shape index (κ2) is 20.2. The van der Waals surface area contributed by atoms with Gasteiger partial charge >= 0.3 is 24.0 Å². The van der Waals surface area contributed by atoms with E-state index in [0.717, 1.165) is 36.2 Å². The fourth-order valence-corrected chi connectivity index (χ4v) is 13.3. The summed E-state index contributed by atoms with van der Waals surface area (Å²) in [6, 6.07) is 28.7. The van der Waals surface area contributed by atoms with E-state index < -0.39 is 46.9 Å². The van der Waals surface area contributed by atoms with Crippen LogP contribution in [0.3, 0.4) is 0 Å². The average Bonchev–Trinajstić information content (AvgIpc) is 4.21. The molecule has 4 aromatic carbocycles. The summed E-state index contributed by atoms with van der Waals surface area (Å²) in [4.78, 5) is 89.3. The lowest BCUT2D eigenvalue weighted by molar-refractivity contribution is -0.125. The second-order valence-corrected chi connectivity index (χ2v) is 22.1. The summed E-state index contributed by atoms with van der Waals surface area (Å²) in [5.74, 6) is -3.40. The van der Waals surface area contributed by atoms with Crippen LogP contribution in [0.25, 0.3) is 0 Å². The predicted octanol–water partition coefficient (Wildman–Crippen LogP) is 10.6. The highest BCUT2D eigenvalue weighted by Crippen LogP contribution is 2.49. The molecule has 6 amide bonds. The van der Waals surface area contributed by atoms with Crippen LogP contribution in [0.4, 0.5) is 21.0 Å². The van der Waals surface area contributed by atoms with E-state index in [4.69, 9.17) is 46.4 Å². The molecule has 0 bridgehead atoms. The molecule has 2 aromatic heterocycles. The highest BCUT2D eigenvalue weighted by molar-refractivity contribution is 7.10. The number of imide groups is 2. The standard InChI is InChI=1S/C26H20Cl2N4O4S.C26H23Cl2N3O4S/c1-30-25(36)32(20-8-18(27)7-19(28)9-20)24(35)26(30)14-31(11-21-6-17(13-37-21)23(33)34)12-22(26)16-4-2-15(10-29)3-5-16;1-15-3-5-16(6-4-15)22-12-30(11-21-7-17(13-36-21)23(32)33)14-26(22)24(34)31(25(35)29(26)2)20-9-18(27)8-19(28)10-20/h2-9,13,22H,11-12,14H2,1H3,(H,33,34);3-10,13,22H,11-12,14H2,1-2H3,(H,32,33)/t2*22-,26+/m01/s1. The zero-order valence-corrected chi connectivity index (χ0v) is 43.7. The van der Waals surface area contributed by atoms with E-state index in [1.807, 2.05) is 43.3 Å². The number of carboxylic acid groups (broad SMARTS) is 2. The van der Waals surface area contributed by atoms with Gasteiger partial charge in [-0.3, -0.25) is 19.4 Å². The van der Waals surface area contributed by atoms with E-state index >= 15 is 0 Å². The highest BCUT2D eigenvalue weighted by atomic mass is 35.5. The Morgan fingerprint density at radius 2 is 0.986 bits per heavy atom. The Morgan fingerprint density at radius 1 is 0.616 bits per heavy atom. The number of amides is 6. The lowest BCUT2D eigenvalue weighted by Crippen LogP contribution is -2.53. The minimum absolute atomic E-state index is 0.214. The molecule has 4 aliphatic rings. The zero-order valence-electron chi connectivity index (χ0n) is 39.1. The van der Waals surface area contributed by atoms with Crippen molar-refractivity contribution in [2.45, 2.75) is 42.9 Å². The number of urea groups is 2. The normalized spacial score (nSPS) is 22.0. The molecule has 6 aromatic rings. The van der Waals surface area contributed by atoms with Gasteiger partial charge in [-0.15, -0.1) is 22.7 Å². The van der Waals surface area contributed by atoms with Crippen LogP contribution in [0.5, 0.6) is 0 Å². The largest absolute Gasteiger partial charge is 0.478 e. The predicted molar refractivity (Wildman–Crippen MR) is 281 cm³/mol. The number of anilines is 2. The van der Waals surface area contributed by atoms with E-state index in [2.05, 4.69) is 15.9 Å². The van der Waals surface area contributed by atoms with Crippen molar-refractivity contribution in [3.8, 4) is 6.07 Å². The maximum atomic E-state index is 14.2. The number of thiophene rings is 2. The third-order valence-electron chi connectivity index (χ3n) is 14.0. The molecule has 0 aliphatic carbocycles. The topological polar surface area (TPSA) is 186 Å². The minimum atomic E-state index is -1.23. The first-order valence-electron chi connectivity index (χ1n) is 22.5. The Labute approximate surface area is 447 Å². The number of halogens is 4. The first kappa shape index (κ1) is 51.6. The van der Waals surface area contributed by atoms with Crippen LogP contribution in [0, 0.1) is 18.3 Å². The Kier molecular flexibility index (Phi) is 14.3. The summed E-state index contributed by atoms with van der Waals surface area (Å²) in [5.41, 5.74) is 2.07. The van der Waals surface area contributed by atoms with Crippen molar-refractivity contribution in [1.82, 2.24) is 19.6 Å². The van der Waals surface area contributed by atoms with E-state index in [9.17, 15) is 44.2 Å². The number of nitrogens with zero attached hydrogens (tertiary/aromatic N) is 7. The van der Waals surface area contributed by atoms with Gasteiger partial charge in [-0.25, -0.2) is 29.0 Å². The number of nitriles is 1. The van der Waals surface area contributed by atoms with Gasteiger partial charge < -0.3 is 20.0 Å². The lowest BCUT2D eigenvalue weighted by atomic mass is 9.80. The molecule has 4 saturated heterocycles. The van der Waals surface area contributed by atoms with Gasteiger partial charge in [-0.05, 0) is 78.7 Å². The fourth-order valence-electron chi connectivity index (χ4n) is 10.4. The number of hydrogen-bond donors (Lipinski definition) is 2. The molecular weight excluding hydrogens is 1060 g/mol. The molecule has 15 nitrogen and oxygen atoms in total. The Balaban J connectivity index is 0.000000180. The maximum absolute atomic E-state index is 14.2. The average molecular weight is 1100 g/mol. The molecule has 6 heterocycles. The smallest absolute Gasteiger partial charge is 0.336 e. The van der Waals surface area contributed by atoms with Crippen molar-refractivity contribution >= 4 is 116 Å². The summed E-state index contributed by atoms with van der Waals surface area (Å²) in [6.07, 6.45) is 0. The molecule has 4 atom stereocenters. The molecule has 0 saturated carbocycles. The quantitative estimate of drug-likeness (QED) is 0.124. The summed E-state index contributed by atoms with van der Waals surface area (Å²) in [7, 11) is 3.27. The maximum Gasteiger partial charge on any atom is 0.336 e. The molecular formula is C52H43Cl4N7O8S2. The fraction of sp³-hybridized carbons (Fsp3) is 0.250. The monoisotopic (exact) mass is 1100 g/mol. The Morgan fingerprint density at radius 3 is 1.33 bits per heavy atom. The van der Waals surface area contributed by atoms with Gasteiger partial charge in [0.15, 0.2) is 0 Å². The SMILES string of the molecule is CN1C(=O)N(c2cc(Cl)cc(Cl)c2)C(=O)[C@]12CN(Cc1cc(C(=O)O)cs1)C[C@H]2c1ccc(C#N)cc1.Cc1ccc([C@H]2CN(Cc3cc(C(=O)O)cs3)C[C@@]23C(=O)N(c2cc(Cl)cc(Cl)c2)C(=O)N3C)cc1. The van der Waals surface area contributed by atoms with Crippen molar-refractivity contribution in [2.75, 3.05) is 50.1 Å². The number of likely N-dealkylation sites (tertiary alicyclic amines) is 2. The Bertz CT molecular complexity index is 3230. The summed E-state index contributed by atoms with van der Waals surface area (Å²) >= 11 is 27.5. The number of aryl methyl sites for hydroxylation is 1. The van der Waals surface area contributed by atoms with E-state index in [0.29, 0.717) is 64.1 Å². The number of rotatable bonds is 10. The third-order valence-corrected chi connectivity index (χ3v) is 16.7. The molecule has 374 valence electrons. The first-order valence-corrected chi connectivity index (χ1v) is 25.8. The van der Waals surface area contributed by atoms with Gasteiger partial charge in [0.25, 0.3) is 11.8 Å². The molecule has 4 aliphatic heterocycles. The van der Waals surface area contributed by atoms with Gasteiger partial charge in [0.1, 0.15) is 11.1 Å². The molecule has 4 fully saturated rings. The van der Waals surface area contributed by atoms with E-state index in [1.54, 1.807) is 67.3 Å². The highest BCUT2D eigenvalue weighted by Gasteiger charge is 2.65. The van der Waals surface area contributed by atoms with Gasteiger partial charge in [0, 0.05) is 106 Å². The third kappa shape index (κ3) is 9.47. The number of carbonyl (C=O) groups is 6.